The first-order valence-electron chi connectivity index (χ1n) is 8.48. The molecule has 142 valence electrons. The molecule has 2 N–H and O–H groups in total. The lowest BCUT2D eigenvalue weighted by Crippen LogP contribution is -2.37. The Balaban J connectivity index is 0.00000338. The van der Waals surface area contributed by atoms with Crippen molar-refractivity contribution in [3.63, 3.8) is 0 Å². The highest BCUT2D eigenvalue weighted by atomic mass is 127. The van der Waals surface area contributed by atoms with E-state index in [1.165, 1.54) is 11.1 Å². The number of methoxy groups -OCH3 is 1. The molecule has 0 bridgehead atoms. The van der Waals surface area contributed by atoms with Crippen molar-refractivity contribution in [2.75, 3.05) is 27.3 Å². The maximum absolute atomic E-state index is 5.72. The van der Waals surface area contributed by atoms with Crippen LogP contribution in [0.25, 0.3) is 0 Å². The van der Waals surface area contributed by atoms with E-state index in [1.54, 1.807) is 14.2 Å². The van der Waals surface area contributed by atoms with Crippen molar-refractivity contribution in [3.05, 3.63) is 59.7 Å². The number of hydrogen-bond acceptors (Lipinski definition) is 3. The molecular formula is C20H28IN3O2. The summed E-state index contributed by atoms with van der Waals surface area (Å²) in [7, 11) is 3.44. The third kappa shape index (κ3) is 7.95. The summed E-state index contributed by atoms with van der Waals surface area (Å²) in [5.41, 5.74) is 2.41. The van der Waals surface area contributed by atoms with Gasteiger partial charge in [-0.3, -0.25) is 4.99 Å². The Hall–Kier alpha value is -1.96. The monoisotopic (exact) mass is 469 g/mol. The second-order valence-electron chi connectivity index (χ2n) is 5.72. The fraction of sp³-hybridized carbons (Fsp3) is 0.350. The molecule has 26 heavy (non-hydrogen) atoms. The van der Waals surface area contributed by atoms with Crippen molar-refractivity contribution in [2.45, 2.75) is 19.9 Å². The van der Waals surface area contributed by atoms with E-state index in [0.29, 0.717) is 13.2 Å². The van der Waals surface area contributed by atoms with Gasteiger partial charge in [-0.25, -0.2) is 0 Å². The molecule has 0 aliphatic carbocycles. The number of aryl methyl sites for hydroxylation is 1. The fourth-order valence-corrected chi connectivity index (χ4v) is 2.25. The van der Waals surface area contributed by atoms with Gasteiger partial charge in [-0.1, -0.05) is 29.8 Å². The lowest BCUT2D eigenvalue weighted by atomic mass is 10.2. The van der Waals surface area contributed by atoms with Gasteiger partial charge in [0.15, 0.2) is 5.96 Å². The molecule has 0 saturated carbocycles. The maximum Gasteiger partial charge on any atom is 0.191 e. The molecule has 0 unspecified atom stereocenters. The van der Waals surface area contributed by atoms with Crippen molar-refractivity contribution in [1.82, 2.24) is 10.6 Å². The first-order valence-corrected chi connectivity index (χ1v) is 8.48. The van der Waals surface area contributed by atoms with Crippen molar-refractivity contribution < 1.29 is 9.47 Å². The molecule has 0 aliphatic heterocycles. The summed E-state index contributed by atoms with van der Waals surface area (Å²) in [5, 5.41) is 6.59. The molecule has 0 aliphatic rings. The van der Waals surface area contributed by atoms with Gasteiger partial charge in [-0.05, 0) is 43.2 Å². The minimum Gasteiger partial charge on any atom is -0.497 e. The third-order valence-corrected chi connectivity index (χ3v) is 3.75. The van der Waals surface area contributed by atoms with Crippen LogP contribution in [-0.2, 0) is 6.54 Å². The minimum atomic E-state index is 0. The van der Waals surface area contributed by atoms with Gasteiger partial charge in [0.1, 0.15) is 11.5 Å². The molecule has 0 spiro atoms. The maximum atomic E-state index is 5.72. The van der Waals surface area contributed by atoms with Crippen molar-refractivity contribution in [1.29, 1.82) is 0 Å². The molecule has 6 heteroatoms. The van der Waals surface area contributed by atoms with Gasteiger partial charge in [0.05, 0.1) is 13.7 Å². The SMILES string of the molecule is CN=C(NCCCOc1ccc(C)cc1)NCc1ccc(OC)cc1.I. The lowest BCUT2D eigenvalue weighted by Gasteiger charge is -2.12. The number of benzene rings is 2. The van der Waals surface area contributed by atoms with Gasteiger partial charge in [0, 0.05) is 20.1 Å². The van der Waals surface area contributed by atoms with Crippen molar-refractivity contribution in [3.8, 4) is 11.5 Å². The van der Waals surface area contributed by atoms with Crippen LogP contribution < -0.4 is 20.1 Å². The normalized spacial score (nSPS) is 10.7. The van der Waals surface area contributed by atoms with E-state index >= 15 is 0 Å². The number of nitrogens with one attached hydrogen (secondary N) is 2. The number of rotatable bonds is 8. The van der Waals surface area contributed by atoms with E-state index in [2.05, 4.69) is 34.7 Å². The summed E-state index contributed by atoms with van der Waals surface area (Å²) in [5.74, 6) is 2.55. The van der Waals surface area contributed by atoms with Gasteiger partial charge in [0.25, 0.3) is 0 Å². The largest absolute Gasteiger partial charge is 0.497 e. The molecule has 0 atom stereocenters. The summed E-state index contributed by atoms with van der Waals surface area (Å²) >= 11 is 0. The van der Waals surface area contributed by atoms with Crippen LogP contribution in [0.3, 0.4) is 0 Å². The molecule has 0 aromatic heterocycles. The second-order valence-corrected chi connectivity index (χ2v) is 5.72. The number of ether oxygens (including phenoxy) is 2. The fourth-order valence-electron chi connectivity index (χ4n) is 2.25. The lowest BCUT2D eigenvalue weighted by molar-refractivity contribution is 0.311. The zero-order valence-corrected chi connectivity index (χ0v) is 17.9. The molecule has 2 rings (SSSR count). The van der Waals surface area contributed by atoms with Crippen LogP contribution in [-0.4, -0.2) is 33.3 Å². The van der Waals surface area contributed by atoms with Gasteiger partial charge in [0.2, 0.25) is 0 Å². The number of guanidine groups is 1. The van der Waals surface area contributed by atoms with Crippen LogP contribution in [0.5, 0.6) is 11.5 Å². The Labute approximate surface area is 173 Å². The molecule has 0 radical (unpaired) electrons. The Morgan fingerprint density at radius 2 is 1.62 bits per heavy atom. The van der Waals surface area contributed by atoms with Crippen LogP contribution in [0.4, 0.5) is 0 Å². The highest BCUT2D eigenvalue weighted by molar-refractivity contribution is 14.0. The molecule has 2 aromatic carbocycles. The summed E-state index contributed by atoms with van der Waals surface area (Å²) in [6, 6.07) is 16.1. The van der Waals surface area contributed by atoms with Crippen molar-refractivity contribution in [2.24, 2.45) is 4.99 Å². The molecule has 0 fully saturated rings. The highest BCUT2D eigenvalue weighted by Crippen LogP contribution is 2.12. The van der Waals surface area contributed by atoms with E-state index in [1.807, 2.05) is 36.4 Å². The standard InChI is InChI=1S/C20H27N3O2.HI/c1-16-5-9-19(10-6-16)25-14-4-13-22-20(21-2)23-15-17-7-11-18(24-3)12-8-17;/h5-12H,4,13-15H2,1-3H3,(H2,21,22,23);1H. The van der Waals surface area contributed by atoms with E-state index in [0.717, 1.165) is 30.4 Å². The Morgan fingerprint density at radius 1 is 0.962 bits per heavy atom. The van der Waals surface area contributed by atoms with Gasteiger partial charge < -0.3 is 20.1 Å². The Kier molecular flexibility index (Phi) is 10.5. The molecule has 0 amide bonds. The van der Waals surface area contributed by atoms with Crippen LogP contribution in [0, 0.1) is 6.92 Å². The Bertz CT molecular complexity index is 658. The molecular weight excluding hydrogens is 441 g/mol. The van der Waals surface area contributed by atoms with Crippen LogP contribution in [0.2, 0.25) is 0 Å². The van der Waals surface area contributed by atoms with Crippen molar-refractivity contribution >= 4 is 29.9 Å². The predicted molar refractivity (Wildman–Crippen MR) is 118 cm³/mol. The molecule has 0 saturated heterocycles. The summed E-state index contributed by atoms with van der Waals surface area (Å²) in [4.78, 5) is 4.23. The average molecular weight is 469 g/mol. The Morgan fingerprint density at radius 3 is 2.23 bits per heavy atom. The zero-order chi connectivity index (χ0) is 17.9. The highest BCUT2D eigenvalue weighted by Gasteiger charge is 1.99. The number of aliphatic imine (C=N–C) groups is 1. The number of halogens is 1. The molecule has 2 aromatic rings. The van der Waals surface area contributed by atoms with Gasteiger partial charge in [-0.15, -0.1) is 24.0 Å². The van der Waals surface area contributed by atoms with Crippen LogP contribution in [0.15, 0.2) is 53.5 Å². The first-order chi connectivity index (χ1) is 12.2. The van der Waals surface area contributed by atoms with E-state index < -0.39 is 0 Å². The predicted octanol–water partition coefficient (Wildman–Crippen LogP) is 3.76. The van der Waals surface area contributed by atoms with E-state index in [9.17, 15) is 0 Å². The molecule has 5 nitrogen and oxygen atoms in total. The summed E-state index contributed by atoms with van der Waals surface area (Å²) < 4.78 is 10.9. The van der Waals surface area contributed by atoms with Crippen LogP contribution >= 0.6 is 24.0 Å². The first kappa shape index (κ1) is 22.1. The van der Waals surface area contributed by atoms with Gasteiger partial charge in [-0.2, -0.15) is 0 Å². The third-order valence-electron chi connectivity index (χ3n) is 3.75. The summed E-state index contributed by atoms with van der Waals surface area (Å²) in [6.07, 6.45) is 0.900. The van der Waals surface area contributed by atoms with E-state index in [4.69, 9.17) is 9.47 Å². The topological polar surface area (TPSA) is 54.9 Å². The molecule has 0 heterocycles. The number of nitrogens with zero attached hydrogens (tertiary/aromatic N) is 1. The average Bonchev–Trinajstić information content (AvgIpc) is 2.66. The zero-order valence-electron chi connectivity index (χ0n) is 15.6. The van der Waals surface area contributed by atoms with E-state index in [-0.39, 0.29) is 24.0 Å². The second kappa shape index (κ2) is 12.4. The van der Waals surface area contributed by atoms with Gasteiger partial charge >= 0.3 is 0 Å². The minimum absolute atomic E-state index is 0. The number of hydrogen-bond donors (Lipinski definition) is 2. The summed E-state index contributed by atoms with van der Waals surface area (Å²) in [6.45, 7) is 4.25. The van der Waals surface area contributed by atoms with Crippen LogP contribution in [0.1, 0.15) is 17.5 Å². The smallest absolute Gasteiger partial charge is 0.191 e. The quantitative estimate of drug-likeness (QED) is 0.268.